The Kier molecular flexibility index (Phi) is 3.65. The van der Waals surface area contributed by atoms with Gasteiger partial charge in [-0.1, -0.05) is 27.5 Å². The Morgan fingerprint density at radius 1 is 1.45 bits per heavy atom. The highest BCUT2D eigenvalue weighted by molar-refractivity contribution is 9.10. The lowest BCUT2D eigenvalue weighted by Crippen LogP contribution is -2.36. The molecule has 0 aliphatic heterocycles. The maximum atomic E-state index is 11.9. The Balaban J connectivity index is 1.85. The van der Waals surface area contributed by atoms with Gasteiger partial charge in [0.15, 0.2) is 11.4 Å². The number of amides is 1. The number of aromatic nitrogens is 1. The first-order valence-corrected chi connectivity index (χ1v) is 7.51. The zero-order valence-electron chi connectivity index (χ0n) is 11.1. The highest BCUT2D eigenvalue weighted by atomic mass is 79.9. The first kappa shape index (κ1) is 13.4. The third kappa shape index (κ3) is 2.40. The molecule has 1 aliphatic carbocycles. The number of carbonyl (C=O) groups excluding carboxylic acids is 1. The molecule has 3 rings (SSSR count). The van der Waals surface area contributed by atoms with Crippen LogP contribution >= 0.6 is 15.9 Å². The lowest BCUT2D eigenvalue weighted by atomic mass is 10.0. The van der Waals surface area contributed by atoms with Gasteiger partial charge >= 0.3 is 0 Å². The van der Waals surface area contributed by atoms with Crippen LogP contribution in [0.1, 0.15) is 19.3 Å². The van der Waals surface area contributed by atoms with Gasteiger partial charge in [-0.3, -0.25) is 4.79 Å². The van der Waals surface area contributed by atoms with Crippen LogP contribution in [0.15, 0.2) is 27.2 Å². The minimum atomic E-state index is -0.00102. The van der Waals surface area contributed by atoms with E-state index in [-0.39, 0.29) is 17.9 Å². The number of carbonyl (C=O) groups is 1. The van der Waals surface area contributed by atoms with E-state index in [1.807, 2.05) is 18.2 Å². The number of nitrogens with zero attached hydrogens (tertiary/aromatic N) is 1. The van der Waals surface area contributed by atoms with Crippen molar-refractivity contribution in [2.24, 2.45) is 5.92 Å². The van der Waals surface area contributed by atoms with Crippen LogP contribution in [0.2, 0.25) is 0 Å². The molecule has 2 aromatic rings. The maximum absolute atomic E-state index is 11.9. The average Bonchev–Trinajstić information content (AvgIpc) is 3.06. The fraction of sp³-hybridized carbons (Fsp3) is 0.429. The van der Waals surface area contributed by atoms with Crippen LogP contribution in [0.4, 0.5) is 5.82 Å². The molecule has 1 aromatic heterocycles. The second-order valence-electron chi connectivity index (χ2n) is 5.07. The Morgan fingerprint density at radius 3 is 3.10 bits per heavy atom. The second-order valence-corrected chi connectivity index (χ2v) is 5.99. The summed E-state index contributed by atoms with van der Waals surface area (Å²) in [6, 6.07) is 5.88. The molecule has 1 aliphatic rings. The number of fused-ring (bicyclic) bond motifs is 1. The van der Waals surface area contributed by atoms with Crippen LogP contribution < -0.4 is 10.6 Å². The Bertz CT molecular complexity index is 640. The van der Waals surface area contributed by atoms with Gasteiger partial charge < -0.3 is 15.2 Å². The summed E-state index contributed by atoms with van der Waals surface area (Å²) in [6.07, 6.45) is 2.94. The SMILES string of the molecule is CNC(=O)C1CCCC1Nc1noc2ccc(Br)cc12. The molecule has 1 heterocycles. The molecule has 106 valence electrons. The van der Waals surface area contributed by atoms with Crippen molar-refractivity contribution in [3.8, 4) is 0 Å². The molecule has 1 fully saturated rings. The molecule has 20 heavy (non-hydrogen) atoms. The fourth-order valence-electron chi connectivity index (χ4n) is 2.82. The first-order valence-electron chi connectivity index (χ1n) is 6.72. The number of rotatable bonds is 3. The molecular formula is C14H16BrN3O2. The summed E-state index contributed by atoms with van der Waals surface area (Å²) in [7, 11) is 1.68. The van der Waals surface area contributed by atoms with Crippen LogP contribution in [0.25, 0.3) is 11.0 Å². The van der Waals surface area contributed by atoms with E-state index in [9.17, 15) is 4.79 Å². The summed E-state index contributed by atoms with van der Waals surface area (Å²) in [4.78, 5) is 11.9. The van der Waals surface area contributed by atoms with Crippen LogP contribution in [0.3, 0.4) is 0 Å². The third-order valence-corrected chi connectivity index (χ3v) is 4.35. The summed E-state index contributed by atoms with van der Waals surface area (Å²) in [5, 5.41) is 11.1. The summed E-state index contributed by atoms with van der Waals surface area (Å²) in [6.45, 7) is 0. The minimum Gasteiger partial charge on any atom is -0.363 e. The lowest BCUT2D eigenvalue weighted by molar-refractivity contribution is -0.124. The number of anilines is 1. The van der Waals surface area contributed by atoms with Crippen LogP contribution in [-0.4, -0.2) is 24.2 Å². The summed E-state index contributed by atoms with van der Waals surface area (Å²) in [5.74, 6) is 0.801. The molecule has 2 unspecified atom stereocenters. The molecule has 1 amide bonds. The Labute approximate surface area is 125 Å². The molecule has 1 aromatic carbocycles. The van der Waals surface area contributed by atoms with Gasteiger partial charge in [0.05, 0.1) is 11.3 Å². The third-order valence-electron chi connectivity index (χ3n) is 3.85. The van der Waals surface area contributed by atoms with Crippen molar-refractivity contribution in [3.05, 3.63) is 22.7 Å². The van der Waals surface area contributed by atoms with E-state index in [1.54, 1.807) is 7.05 Å². The quantitative estimate of drug-likeness (QED) is 0.903. The van der Waals surface area contributed by atoms with Crippen molar-refractivity contribution in [3.63, 3.8) is 0 Å². The van der Waals surface area contributed by atoms with Gasteiger partial charge in [0, 0.05) is 17.6 Å². The van der Waals surface area contributed by atoms with Gasteiger partial charge in [0.1, 0.15) is 0 Å². The van der Waals surface area contributed by atoms with E-state index in [0.717, 1.165) is 34.7 Å². The largest absolute Gasteiger partial charge is 0.363 e. The second kappa shape index (κ2) is 5.44. The molecule has 6 heteroatoms. The molecule has 0 radical (unpaired) electrons. The van der Waals surface area contributed by atoms with Gasteiger partial charge in [-0.2, -0.15) is 0 Å². The highest BCUT2D eigenvalue weighted by Gasteiger charge is 2.33. The van der Waals surface area contributed by atoms with Crippen molar-refractivity contribution in [2.75, 3.05) is 12.4 Å². The van der Waals surface area contributed by atoms with Crippen LogP contribution in [0.5, 0.6) is 0 Å². The van der Waals surface area contributed by atoms with Crippen molar-refractivity contribution >= 4 is 38.6 Å². The average molecular weight is 338 g/mol. The zero-order valence-corrected chi connectivity index (χ0v) is 12.7. The molecule has 2 atom stereocenters. The molecule has 5 nitrogen and oxygen atoms in total. The summed E-state index contributed by atoms with van der Waals surface area (Å²) >= 11 is 3.45. The lowest BCUT2D eigenvalue weighted by Gasteiger charge is -2.19. The summed E-state index contributed by atoms with van der Waals surface area (Å²) in [5.41, 5.74) is 0.741. The first-order chi connectivity index (χ1) is 9.69. The van der Waals surface area contributed by atoms with Crippen molar-refractivity contribution < 1.29 is 9.32 Å². The standard InChI is InChI=1S/C14H16BrN3O2/c1-16-14(19)9-3-2-4-11(9)17-13-10-7-8(15)5-6-12(10)20-18-13/h5-7,9,11H,2-4H2,1H3,(H,16,19)(H,17,18). The van der Waals surface area contributed by atoms with E-state index in [4.69, 9.17) is 4.52 Å². The monoisotopic (exact) mass is 337 g/mol. The van der Waals surface area contributed by atoms with Gasteiger partial charge in [-0.05, 0) is 31.0 Å². The molecule has 2 N–H and O–H groups in total. The number of hydrogen-bond acceptors (Lipinski definition) is 4. The molecule has 0 saturated heterocycles. The number of nitrogens with one attached hydrogen (secondary N) is 2. The predicted molar refractivity (Wildman–Crippen MR) is 80.5 cm³/mol. The van der Waals surface area contributed by atoms with Gasteiger partial charge in [0.2, 0.25) is 5.91 Å². The van der Waals surface area contributed by atoms with E-state index in [0.29, 0.717) is 5.82 Å². The Morgan fingerprint density at radius 2 is 2.30 bits per heavy atom. The van der Waals surface area contributed by atoms with E-state index in [1.165, 1.54) is 0 Å². The fourth-order valence-corrected chi connectivity index (χ4v) is 3.18. The molecule has 0 bridgehead atoms. The normalized spacial score (nSPS) is 22.1. The van der Waals surface area contributed by atoms with Crippen LogP contribution in [-0.2, 0) is 4.79 Å². The van der Waals surface area contributed by atoms with E-state index in [2.05, 4.69) is 31.7 Å². The maximum Gasteiger partial charge on any atom is 0.224 e. The predicted octanol–water partition coefficient (Wildman–Crippen LogP) is 2.92. The van der Waals surface area contributed by atoms with Gasteiger partial charge in [-0.25, -0.2) is 0 Å². The molecular weight excluding hydrogens is 322 g/mol. The zero-order chi connectivity index (χ0) is 14.1. The van der Waals surface area contributed by atoms with Crippen LogP contribution in [0, 0.1) is 5.92 Å². The number of halogens is 1. The minimum absolute atomic E-state index is 0.00102. The van der Waals surface area contributed by atoms with E-state index < -0.39 is 0 Å². The summed E-state index contributed by atoms with van der Waals surface area (Å²) < 4.78 is 6.28. The van der Waals surface area contributed by atoms with Crippen molar-refractivity contribution in [1.29, 1.82) is 0 Å². The molecule has 1 saturated carbocycles. The number of benzene rings is 1. The van der Waals surface area contributed by atoms with Crippen molar-refractivity contribution in [1.82, 2.24) is 10.5 Å². The molecule has 0 spiro atoms. The topological polar surface area (TPSA) is 67.2 Å². The Hall–Kier alpha value is -1.56. The number of hydrogen-bond donors (Lipinski definition) is 2. The highest BCUT2D eigenvalue weighted by Crippen LogP contribution is 2.32. The van der Waals surface area contributed by atoms with Gasteiger partial charge in [0.25, 0.3) is 0 Å². The van der Waals surface area contributed by atoms with Crippen molar-refractivity contribution in [2.45, 2.75) is 25.3 Å². The van der Waals surface area contributed by atoms with Gasteiger partial charge in [-0.15, -0.1) is 0 Å². The smallest absolute Gasteiger partial charge is 0.224 e. The van der Waals surface area contributed by atoms with E-state index >= 15 is 0 Å².